The van der Waals surface area contributed by atoms with E-state index in [4.69, 9.17) is 6.42 Å². The number of aromatic nitrogens is 2. The molecule has 2 aromatic carbocycles. The maximum atomic E-state index is 13.0. The molecule has 0 radical (unpaired) electrons. The maximum Gasteiger partial charge on any atom is 0.226 e. The second-order valence-corrected chi connectivity index (χ2v) is 7.69. The molecule has 1 aromatic heterocycles. The van der Waals surface area contributed by atoms with Crippen molar-refractivity contribution in [3.8, 4) is 12.3 Å². The molecule has 0 aliphatic heterocycles. The van der Waals surface area contributed by atoms with Crippen LogP contribution in [0, 0.1) is 12.3 Å². The Morgan fingerprint density at radius 3 is 2.55 bits per heavy atom. The van der Waals surface area contributed by atoms with Crippen LogP contribution in [0.15, 0.2) is 48.8 Å². The number of terminal acetylenes is 1. The highest BCUT2D eigenvalue weighted by Crippen LogP contribution is 2.25. The number of benzene rings is 2. The van der Waals surface area contributed by atoms with E-state index in [1.165, 1.54) is 6.33 Å². The Morgan fingerprint density at radius 1 is 1.06 bits per heavy atom. The number of unbranched alkanes of at least 4 members (excludes halogenated alkanes) is 2. The Hall–Kier alpha value is -3.39. The Labute approximate surface area is 184 Å². The third-order valence-corrected chi connectivity index (χ3v) is 5.26. The Balaban J connectivity index is 1.83. The van der Waals surface area contributed by atoms with Crippen LogP contribution < -0.4 is 5.32 Å². The summed E-state index contributed by atoms with van der Waals surface area (Å²) in [7, 11) is 0. The van der Waals surface area contributed by atoms with Crippen LogP contribution >= 0.6 is 0 Å². The summed E-state index contributed by atoms with van der Waals surface area (Å²) in [6, 6.07) is 13.6. The predicted octanol–water partition coefficient (Wildman–Crippen LogP) is 5.33. The van der Waals surface area contributed by atoms with E-state index in [1.807, 2.05) is 47.4 Å². The monoisotopic (exact) mass is 414 g/mol. The van der Waals surface area contributed by atoms with Gasteiger partial charge in [-0.3, -0.25) is 4.79 Å². The van der Waals surface area contributed by atoms with Crippen molar-refractivity contribution in [3.05, 3.63) is 59.9 Å². The van der Waals surface area contributed by atoms with Gasteiger partial charge < -0.3 is 10.2 Å². The van der Waals surface area contributed by atoms with Gasteiger partial charge in [-0.05, 0) is 48.7 Å². The number of rotatable bonds is 10. The number of hydrogen-bond donors (Lipinski definition) is 1. The number of hydrogen-bond acceptors (Lipinski definition) is 4. The van der Waals surface area contributed by atoms with Gasteiger partial charge in [0.05, 0.1) is 11.9 Å². The Kier molecular flexibility index (Phi) is 8.00. The number of nitrogens with one attached hydrogen (secondary N) is 1. The molecule has 0 unspecified atom stereocenters. The molecule has 5 heteroatoms. The van der Waals surface area contributed by atoms with Crippen molar-refractivity contribution in [3.63, 3.8) is 0 Å². The molecule has 0 aliphatic carbocycles. The third-order valence-electron chi connectivity index (χ3n) is 5.26. The molecule has 1 heterocycles. The smallest absolute Gasteiger partial charge is 0.226 e. The number of carbonyl (C=O) groups is 1. The minimum absolute atomic E-state index is 0.175. The maximum absolute atomic E-state index is 13.0. The second-order valence-electron chi connectivity index (χ2n) is 7.69. The number of amides is 1. The molecule has 31 heavy (non-hydrogen) atoms. The van der Waals surface area contributed by atoms with E-state index < -0.39 is 0 Å². The molecule has 0 aliphatic rings. The zero-order chi connectivity index (χ0) is 22.1. The lowest BCUT2D eigenvalue weighted by Gasteiger charge is -2.22. The number of nitrogens with zero attached hydrogens (tertiary/aromatic N) is 3. The Bertz CT molecular complexity index is 1060. The summed E-state index contributed by atoms with van der Waals surface area (Å²) < 4.78 is 0. The van der Waals surface area contributed by atoms with Gasteiger partial charge in [0.2, 0.25) is 5.91 Å². The average Bonchev–Trinajstić information content (AvgIpc) is 2.79. The zero-order valence-electron chi connectivity index (χ0n) is 18.4. The van der Waals surface area contributed by atoms with Crippen molar-refractivity contribution >= 4 is 28.3 Å². The topological polar surface area (TPSA) is 58.1 Å². The summed E-state index contributed by atoms with van der Waals surface area (Å²) in [5.41, 5.74) is 3.46. The molecule has 160 valence electrons. The molecule has 0 spiro atoms. The lowest BCUT2D eigenvalue weighted by Crippen LogP contribution is -2.34. The van der Waals surface area contributed by atoms with Crippen LogP contribution in [-0.4, -0.2) is 33.9 Å². The first-order valence-corrected chi connectivity index (χ1v) is 11.0. The molecule has 3 aromatic rings. The third kappa shape index (κ3) is 6.05. The van der Waals surface area contributed by atoms with Crippen molar-refractivity contribution in [2.75, 3.05) is 18.4 Å². The van der Waals surface area contributed by atoms with Crippen LogP contribution in [0.1, 0.15) is 50.7 Å². The fraction of sp³-hybridized carbons (Fsp3) is 0.346. The summed E-state index contributed by atoms with van der Waals surface area (Å²) in [4.78, 5) is 23.8. The SMILES string of the molecule is C#Cc1cccc(Nc2ncnc3ccc(CC(=O)N(CCCC)CCCC)cc23)c1. The number of anilines is 2. The molecule has 0 saturated carbocycles. The van der Waals surface area contributed by atoms with E-state index in [-0.39, 0.29) is 5.91 Å². The van der Waals surface area contributed by atoms with Gasteiger partial charge in [-0.25, -0.2) is 9.97 Å². The van der Waals surface area contributed by atoms with Gasteiger partial charge in [0.25, 0.3) is 0 Å². The first-order chi connectivity index (χ1) is 15.1. The van der Waals surface area contributed by atoms with Crippen molar-refractivity contribution in [2.45, 2.75) is 46.0 Å². The molecule has 3 rings (SSSR count). The van der Waals surface area contributed by atoms with Gasteiger partial charge >= 0.3 is 0 Å². The minimum Gasteiger partial charge on any atom is -0.342 e. The summed E-state index contributed by atoms with van der Waals surface area (Å²) >= 11 is 0. The summed E-state index contributed by atoms with van der Waals surface area (Å²) in [5, 5.41) is 4.22. The molecule has 0 atom stereocenters. The summed E-state index contributed by atoms with van der Waals surface area (Å²) in [6.07, 6.45) is 11.7. The Morgan fingerprint density at radius 2 is 1.84 bits per heavy atom. The van der Waals surface area contributed by atoms with Crippen LogP contribution in [0.2, 0.25) is 0 Å². The van der Waals surface area contributed by atoms with Gasteiger partial charge in [-0.15, -0.1) is 6.42 Å². The molecule has 0 fully saturated rings. The first-order valence-electron chi connectivity index (χ1n) is 11.0. The zero-order valence-corrected chi connectivity index (χ0v) is 18.4. The average molecular weight is 415 g/mol. The van der Waals surface area contributed by atoms with E-state index in [2.05, 4.69) is 35.1 Å². The van der Waals surface area contributed by atoms with E-state index in [0.717, 1.165) is 66.5 Å². The van der Waals surface area contributed by atoms with E-state index >= 15 is 0 Å². The largest absolute Gasteiger partial charge is 0.342 e. The van der Waals surface area contributed by atoms with Gasteiger partial charge in [0.15, 0.2) is 0 Å². The highest BCUT2D eigenvalue weighted by molar-refractivity contribution is 5.92. The van der Waals surface area contributed by atoms with Gasteiger partial charge in [0, 0.05) is 29.7 Å². The fourth-order valence-electron chi connectivity index (χ4n) is 3.48. The van der Waals surface area contributed by atoms with Crippen molar-refractivity contribution in [2.24, 2.45) is 0 Å². The van der Waals surface area contributed by atoms with E-state index in [1.54, 1.807) is 0 Å². The molecule has 5 nitrogen and oxygen atoms in total. The van der Waals surface area contributed by atoms with E-state index in [0.29, 0.717) is 12.2 Å². The summed E-state index contributed by atoms with van der Waals surface area (Å²) in [6.45, 7) is 5.95. The van der Waals surface area contributed by atoms with Crippen LogP contribution in [0.5, 0.6) is 0 Å². The van der Waals surface area contributed by atoms with Crippen LogP contribution in [-0.2, 0) is 11.2 Å². The minimum atomic E-state index is 0.175. The lowest BCUT2D eigenvalue weighted by atomic mass is 10.1. The van der Waals surface area contributed by atoms with Crippen LogP contribution in [0.25, 0.3) is 10.9 Å². The van der Waals surface area contributed by atoms with Crippen LogP contribution in [0.4, 0.5) is 11.5 Å². The van der Waals surface area contributed by atoms with Gasteiger partial charge in [0.1, 0.15) is 12.1 Å². The van der Waals surface area contributed by atoms with Crippen molar-refractivity contribution in [1.82, 2.24) is 14.9 Å². The number of fused-ring (bicyclic) bond motifs is 1. The quantitative estimate of drug-likeness (QED) is 0.456. The van der Waals surface area contributed by atoms with Crippen molar-refractivity contribution in [1.29, 1.82) is 0 Å². The molecule has 0 bridgehead atoms. The number of carbonyl (C=O) groups excluding carboxylic acids is 1. The van der Waals surface area contributed by atoms with Crippen LogP contribution in [0.3, 0.4) is 0 Å². The molecule has 1 N–H and O–H groups in total. The van der Waals surface area contributed by atoms with Gasteiger partial charge in [-0.2, -0.15) is 0 Å². The fourth-order valence-corrected chi connectivity index (χ4v) is 3.48. The van der Waals surface area contributed by atoms with E-state index in [9.17, 15) is 4.79 Å². The van der Waals surface area contributed by atoms with Gasteiger partial charge in [-0.1, -0.05) is 44.7 Å². The lowest BCUT2D eigenvalue weighted by molar-refractivity contribution is -0.130. The standard InChI is InChI=1S/C26H30N4O/c1-4-7-14-30(15-8-5-2)25(31)18-21-12-13-24-23(17-21)26(28-19-27-24)29-22-11-9-10-20(6-3)16-22/h3,9-13,16-17,19H,4-5,7-8,14-15,18H2,1-2H3,(H,27,28,29). The molecular formula is C26H30N4O. The highest BCUT2D eigenvalue weighted by Gasteiger charge is 2.14. The highest BCUT2D eigenvalue weighted by atomic mass is 16.2. The predicted molar refractivity (Wildman–Crippen MR) is 127 cm³/mol. The summed E-state index contributed by atoms with van der Waals surface area (Å²) in [5.74, 6) is 3.52. The molecule has 1 amide bonds. The normalized spacial score (nSPS) is 10.6. The first kappa shape index (κ1) is 22.3. The second kappa shape index (κ2) is 11.1. The molecule has 0 saturated heterocycles. The molecular weight excluding hydrogens is 384 g/mol. The van der Waals surface area contributed by atoms with Crippen molar-refractivity contribution < 1.29 is 4.79 Å².